The summed E-state index contributed by atoms with van der Waals surface area (Å²) in [6.07, 6.45) is 0. The van der Waals surface area contributed by atoms with Gasteiger partial charge < -0.3 is 5.21 Å². The van der Waals surface area contributed by atoms with Crippen LogP contribution in [0.3, 0.4) is 0 Å². The van der Waals surface area contributed by atoms with E-state index in [9.17, 15) is 0 Å². The summed E-state index contributed by atoms with van der Waals surface area (Å²) < 4.78 is 0. The van der Waals surface area contributed by atoms with Crippen molar-refractivity contribution in [2.24, 2.45) is 5.34 Å². The molecule has 4 heavy (non-hydrogen) atoms. The Labute approximate surface area is 55.4 Å². The molecule has 0 rings (SSSR count). The number of hydrogen-bond donors (Lipinski definition) is 1. The van der Waals surface area contributed by atoms with Gasteiger partial charge in [-0.3, -0.25) is 0 Å². The summed E-state index contributed by atoms with van der Waals surface area (Å²) in [5.41, 5.74) is 0. The Morgan fingerprint density at radius 2 is 1.75 bits per heavy atom. The predicted octanol–water partition coefficient (Wildman–Crippen LogP) is 0.142. The molecule has 0 aromatic rings. The van der Waals surface area contributed by atoms with Crippen LogP contribution in [0.4, 0.5) is 0 Å². The minimum absolute atomic E-state index is 0. The van der Waals surface area contributed by atoms with Gasteiger partial charge in [-0.25, -0.2) is 0 Å². The van der Waals surface area contributed by atoms with Crippen molar-refractivity contribution in [3.8, 4) is 0 Å². The van der Waals surface area contributed by atoms with E-state index in [1.807, 2.05) is 0 Å². The molecule has 0 aromatic carbocycles. The molecule has 0 bridgehead atoms. The monoisotopic (exact) mass is 199 g/mol. The van der Waals surface area contributed by atoms with Crippen LogP contribution in [-0.4, -0.2) is 5.21 Å². The Bertz CT molecular complexity index is 13.5. The molecule has 0 heterocycles. The fraction of sp³-hybridized carbons (Fsp3) is 0. The fourth-order valence-electron chi connectivity index (χ4n) is 0. The van der Waals surface area contributed by atoms with E-state index in [1.54, 1.807) is 0 Å². The van der Waals surface area contributed by atoms with E-state index in [1.165, 1.54) is 5.34 Å². The molecule has 24 valence electrons. The zero-order valence-electron chi connectivity index (χ0n) is 1.71. The van der Waals surface area contributed by atoms with Crippen LogP contribution >= 0.6 is 0 Å². The van der Waals surface area contributed by atoms with Gasteiger partial charge in [-0.15, -0.1) is 4.91 Å². The van der Waals surface area contributed by atoms with Gasteiger partial charge in [0.1, 0.15) is 0 Å². The molecule has 0 saturated heterocycles. The van der Waals surface area contributed by atoms with Crippen LogP contribution in [0.2, 0.25) is 0 Å². The van der Waals surface area contributed by atoms with Crippen molar-refractivity contribution in [3.05, 3.63) is 4.91 Å². The maximum absolute atomic E-state index is 8.11. The molecule has 1 N–H and O–H groups in total. The van der Waals surface area contributed by atoms with Crippen molar-refractivity contribution in [2.75, 3.05) is 0 Å². The first kappa shape index (κ1) is 8.83. The Kier molecular flexibility index (Phi) is 20.5. The van der Waals surface area contributed by atoms with Crippen molar-refractivity contribution in [1.29, 1.82) is 0 Å². The summed E-state index contributed by atoms with van der Waals surface area (Å²) >= 11 is 0. The fourth-order valence-corrected chi connectivity index (χ4v) is 0. The van der Waals surface area contributed by atoms with E-state index in [-0.39, 0.29) is 40.4 Å². The van der Waals surface area contributed by atoms with Crippen LogP contribution in [-0.2, 0) is 0 Å². The third-order valence-electron chi connectivity index (χ3n) is 0. The second kappa shape index (κ2) is 9.28. The summed E-state index contributed by atoms with van der Waals surface area (Å²) in [7, 11) is 0. The van der Waals surface area contributed by atoms with Gasteiger partial charge in [0.05, 0.1) is 0 Å². The molecule has 0 atom stereocenters. The van der Waals surface area contributed by atoms with Crippen molar-refractivity contribution in [1.82, 2.24) is 0 Å². The summed E-state index contributed by atoms with van der Waals surface area (Å²) in [6.45, 7) is 0. The average molecular weight is 197 g/mol. The first-order valence-corrected chi connectivity index (χ1v) is 0.383. The number of rotatable bonds is 0. The van der Waals surface area contributed by atoms with Crippen LogP contribution in [0.5, 0.6) is 0 Å². The molecule has 0 saturated carbocycles. The van der Waals surface area contributed by atoms with Gasteiger partial charge >= 0.3 is 0 Å². The minimum Gasteiger partial charge on any atom is -0.379 e. The summed E-state index contributed by atoms with van der Waals surface area (Å²) in [5.74, 6) is 0. The van der Waals surface area contributed by atoms with E-state index in [4.69, 9.17) is 10.1 Å². The largest absolute Gasteiger partial charge is 0.379 e. The summed E-state index contributed by atoms with van der Waals surface area (Å²) in [5, 5.41) is 7.89. The Balaban J connectivity index is 0. The molecule has 0 aliphatic carbocycles. The minimum atomic E-state index is 0. The van der Waals surface area contributed by atoms with E-state index in [0.717, 1.165) is 0 Å². The Morgan fingerprint density at radius 3 is 1.75 bits per heavy atom. The Hall–Kier alpha value is 0.738. The van der Waals surface area contributed by atoms with Gasteiger partial charge in [-0.2, -0.15) is 0 Å². The molecule has 0 spiro atoms. The first-order chi connectivity index (χ1) is 1.41. The van der Waals surface area contributed by atoms with Crippen LogP contribution in [0, 0.1) is 45.3 Å². The van der Waals surface area contributed by atoms with Crippen molar-refractivity contribution in [2.45, 2.75) is 0 Å². The molecule has 0 amide bonds. The van der Waals surface area contributed by atoms with Crippen LogP contribution < -0.4 is 0 Å². The normalized spacial score (nSPS) is 3.00. The average Bonchev–Trinajstić information content (AvgIpc) is 0.918. The van der Waals surface area contributed by atoms with Crippen molar-refractivity contribution < 1.29 is 45.6 Å². The van der Waals surface area contributed by atoms with E-state index in [2.05, 4.69) is 0 Å². The zero-order valence-corrected chi connectivity index (χ0v) is 4.33. The Morgan fingerprint density at radius 1 is 1.75 bits per heavy atom. The molecule has 4 heteroatoms. The van der Waals surface area contributed by atoms with Crippen LogP contribution in [0.1, 0.15) is 0 Å². The van der Waals surface area contributed by atoms with Gasteiger partial charge in [0, 0.05) is 40.4 Å². The third kappa shape index (κ3) is 15.2. The molecule has 0 unspecified atom stereocenters. The van der Waals surface area contributed by atoms with Gasteiger partial charge in [0.2, 0.25) is 0 Å². The molecular formula is HNO2Sm. The predicted molar refractivity (Wildman–Crippen MR) is 7.58 cm³/mol. The number of nitrogens with zero attached hydrogens (tertiary/aromatic N) is 1. The van der Waals surface area contributed by atoms with E-state index < -0.39 is 0 Å². The summed E-state index contributed by atoms with van der Waals surface area (Å²) in [4.78, 5) is 8.11. The number of hydrogen-bond acceptors (Lipinski definition) is 2. The maximum atomic E-state index is 8.11. The van der Waals surface area contributed by atoms with Crippen molar-refractivity contribution in [3.63, 3.8) is 0 Å². The zero-order chi connectivity index (χ0) is 2.71. The smallest absolute Gasteiger partial charge is 0.152 e. The van der Waals surface area contributed by atoms with Crippen LogP contribution in [0.25, 0.3) is 0 Å². The topological polar surface area (TPSA) is 49.7 Å². The molecule has 0 radical (unpaired) electrons. The van der Waals surface area contributed by atoms with Gasteiger partial charge in [0.25, 0.3) is 0 Å². The molecular weight excluding hydrogens is 196 g/mol. The van der Waals surface area contributed by atoms with Gasteiger partial charge in [-0.05, 0) is 0 Å². The second-order valence-electron chi connectivity index (χ2n) is 0.0816. The summed E-state index contributed by atoms with van der Waals surface area (Å²) in [6, 6.07) is 0. The van der Waals surface area contributed by atoms with E-state index in [0.29, 0.717) is 0 Å². The molecule has 0 aliphatic rings. The van der Waals surface area contributed by atoms with Gasteiger partial charge in [-0.1, -0.05) is 0 Å². The SMILES string of the molecule is O=NO.[Sm]. The molecule has 0 fully saturated rings. The standard InChI is InChI=1S/HNO2.Sm/c2-1-3;/h(H,2,3);. The molecule has 0 aromatic heterocycles. The third-order valence-corrected chi connectivity index (χ3v) is 0. The quantitative estimate of drug-likeness (QED) is 0.444. The van der Waals surface area contributed by atoms with Crippen LogP contribution in [0.15, 0.2) is 5.34 Å². The van der Waals surface area contributed by atoms with Gasteiger partial charge in [0.15, 0.2) is 5.34 Å². The molecule has 0 aliphatic heterocycles. The van der Waals surface area contributed by atoms with Crippen molar-refractivity contribution >= 4 is 0 Å². The first-order valence-electron chi connectivity index (χ1n) is 0.383. The van der Waals surface area contributed by atoms with E-state index >= 15 is 0 Å². The molecule has 3 nitrogen and oxygen atoms in total. The maximum Gasteiger partial charge on any atom is 0.152 e. The second-order valence-corrected chi connectivity index (χ2v) is 0.0816.